The highest BCUT2D eigenvalue weighted by atomic mass is 32.1. The molecule has 1 fully saturated rings. The zero-order chi connectivity index (χ0) is 14.5. The highest BCUT2D eigenvalue weighted by molar-refractivity contribution is 7.09. The predicted molar refractivity (Wildman–Crippen MR) is 75.8 cm³/mol. The molecule has 1 aromatic heterocycles. The van der Waals surface area contributed by atoms with Gasteiger partial charge in [0.15, 0.2) is 0 Å². The molecule has 0 radical (unpaired) electrons. The second-order valence-corrected chi connectivity index (χ2v) is 5.94. The first kappa shape index (κ1) is 14.9. The van der Waals surface area contributed by atoms with Crippen LogP contribution in [0.25, 0.3) is 0 Å². The fourth-order valence-corrected chi connectivity index (χ4v) is 3.18. The number of nitrogens with zero attached hydrogens (tertiary/aromatic N) is 2. The van der Waals surface area contributed by atoms with E-state index in [2.05, 4.69) is 4.98 Å². The molecule has 1 amide bonds. The van der Waals surface area contributed by atoms with E-state index in [1.165, 1.54) is 11.3 Å². The number of aliphatic carboxylic acids is 1. The molecule has 3 N–H and O–H groups in total. The Kier molecular flexibility index (Phi) is 5.08. The molecule has 6 nitrogen and oxygen atoms in total. The predicted octanol–water partition coefficient (Wildman–Crippen LogP) is 0.971. The van der Waals surface area contributed by atoms with Gasteiger partial charge in [-0.3, -0.25) is 9.59 Å². The normalized spacial score (nSPS) is 16.4. The molecule has 0 atom stereocenters. The van der Waals surface area contributed by atoms with E-state index in [4.69, 9.17) is 10.8 Å². The van der Waals surface area contributed by atoms with Crippen LogP contribution in [0.3, 0.4) is 0 Å². The Bertz CT molecular complexity index is 481. The van der Waals surface area contributed by atoms with Crippen molar-refractivity contribution in [3.05, 3.63) is 16.1 Å². The van der Waals surface area contributed by atoms with E-state index < -0.39 is 5.97 Å². The number of nitrogens with two attached hydrogens (primary N) is 1. The maximum atomic E-state index is 12.3. The molecule has 0 unspecified atom stereocenters. The number of piperidine rings is 1. The van der Waals surface area contributed by atoms with Crippen molar-refractivity contribution in [1.29, 1.82) is 0 Å². The van der Waals surface area contributed by atoms with Crippen molar-refractivity contribution in [3.63, 3.8) is 0 Å². The summed E-state index contributed by atoms with van der Waals surface area (Å²) in [5, 5.41) is 11.4. The van der Waals surface area contributed by atoms with Crippen molar-refractivity contribution in [1.82, 2.24) is 9.88 Å². The smallest absolute Gasteiger partial charge is 0.303 e. The van der Waals surface area contributed by atoms with E-state index in [9.17, 15) is 9.59 Å². The van der Waals surface area contributed by atoms with Crippen LogP contribution in [0.1, 0.15) is 34.8 Å². The number of carboxylic acid groups (broad SMARTS) is 1. The monoisotopic (exact) mass is 297 g/mol. The van der Waals surface area contributed by atoms with Crippen LogP contribution in [-0.2, 0) is 11.2 Å². The van der Waals surface area contributed by atoms with Gasteiger partial charge in [-0.2, -0.15) is 0 Å². The second kappa shape index (κ2) is 6.81. The molecular formula is C13H19N3O3S. The number of thiazole rings is 1. The van der Waals surface area contributed by atoms with Crippen molar-refractivity contribution in [2.24, 2.45) is 11.7 Å². The summed E-state index contributed by atoms with van der Waals surface area (Å²) < 4.78 is 0. The summed E-state index contributed by atoms with van der Waals surface area (Å²) in [6.07, 6.45) is 2.38. The molecule has 1 aromatic rings. The van der Waals surface area contributed by atoms with Crippen LogP contribution in [0.2, 0.25) is 0 Å². The summed E-state index contributed by atoms with van der Waals surface area (Å²) in [7, 11) is 0. The molecule has 1 aliphatic rings. The lowest BCUT2D eigenvalue weighted by Crippen LogP contribution is -2.39. The fraction of sp³-hybridized carbons (Fsp3) is 0.615. The summed E-state index contributed by atoms with van der Waals surface area (Å²) in [5.41, 5.74) is 5.95. The lowest BCUT2D eigenvalue weighted by molar-refractivity contribution is -0.138. The summed E-state index contributed by atoms with van der Waals surface area (Å²) in [6, 6.07) is 0. The van der Waals surface area contributed by atoms with Gasteiger partial charge in [-0.05, 0) is 25.3 Å². The van der Waals surface area contributed by atoms with Crippen molar-refractivity contribution < 1.29 is 14.7 Å². The summed E-state index contributed by atoms with van der Waals surface area (Å²) in [4.78, 5) is 29.0. The molecule has 0 aromatic carbocycles. The maximum Gasteiger partial charge on any atom is 0.303 e. The molecule has 0 saturated carbocycles. The number of hydrogen-bond donors (Lipinski definition) is 2. The number of hydrogen-bond acceptors (Lipinski definition) is 5. The third-order valence-corrected chi connectivity index (χ3v) is 4.40. The summed E-state index contributed by atoms with van der Waals surface area (Å²) in [5.74, 6) is -0.640. The van der Waals surface area contributed by atoms with Gasteiger partial charge in [-0.15, -0.1) is 11.3 Å². The Labute approximate surface area is 121 Å². The van der Waals surface area contributed by atoms with Gasteiger partial charge in [0, 0.05) is 31.3 Å². The lowest BCUT2D eigenvalue weighted by atomic mass is 9.93. The number of carbonyl (C=O) groups excluding carboxylic acids is 1. The maximum absolute atomic E-state index is 12.3. The van der Waals surface area contributed by atoms with Gasteiger partial charge in [0.25, 0.3) is 5.91 Å². The number of carbonyl (C=O) groups is 2. The van der Waals surface area contributed by atoms with E-state index in [0.29, 0.717) is 31.7 Å². The Morgan fingerprint density at radius 2 is 2.15 bits per heavy atom. The van der Waals surface area contributed by atoms with E-state index in [0.717, 1.165) is 17.8 Å². The van der Waals surface area contributed by atoms with E-state index in [1.807, 2.05) is 0 Å². The first-order valence-corrected chi connectivity index (χ1v) is 7.63. The van der Waals surface area contributed by atoms with E-state index >= 15 is 0 Å². The first-order chi connectivity index (χ1) is 9.60. The molecule has 2 heterocycles. The molecule has 0 spiro atoms. The van der Waals surface area contributed by atoms with Gasteiger partial charge in [0.05, 0.1) is 5.01 Å². The van der Waals surface area contributed by atoms with Crippen molar-refractivity contribution in [2.45, 2.75) is 25.7 Å². The summed E-state index contributed by atoms with van der Waals surface area (Å²) >= 11 is 1.46. The van der Waals surface area contributed by atoms with Crippen LogP contribution in [0.5, 0.6) is 0 Å². The van der Waals surface area contributed by atoms with Gasteiger partial charge in [0.2, 0.25) is 0 Å². The first-order valence-electron chi connectivity index (χ1n) is 6.75. The quantitative estimate of drug-likeness (QED) is 0.844. The molecule has 1 saturated heterocycles. The van der Waals surface area contributed by atoms with Crippen LogP contribution in [0.15, 0.2) is 5.38 Å². The zero-order valence-corrected chi connectivity index (χ0v) is 12.1. The van der Waals surface area contributed by atoms with Crippen LogP contribution < -0.4 is 5.73 Å². The number of carboxylic acids is 1. The Morgan fingerprint density at radius 1 is 1.45 bits per heavy atom. The van der Waals surface area contributed by atoms with Crippen LogP contribution >= 0.6 is 11.3 Å². The van der Waals surface area contributed by atoms with Crippen LogP contribution in [-0.4, -0.2) is 46.5 Å². The third kappa shape index (κ3) is 3.77. The standard InChI is InChI=1S/C13H19N3O3S/c14-4-1-11-15-10(8-20-11)13(19)16-5-2-9(3-6-16)7-12(17)18/h8-9H,1-7,14H2,(H,17,18). The SMILES string of the molecule is NCCc1nc(C(=O)N2CCC(CC(=O)O)CC2)cs1. The molecule has 1 aliphatic heterocycles. The number of likely N-dealkylation sites (tertiary alicyclic amines) is 1. The topological polar surface area (TPSA) is 96.5 Å². The van der Waals surface area contributed by atoms with Gasteiger partial charge in [0.1, 0.15) is 5.69 Å². The minimum absolute atomic E-state index is 0.0571. The van der Waals surface area contributed by atoms with E-state index in [-0.39, 0.29) is 18.2 Å². The molecule has 20 heavy (non-hydrogen) atoms. The van der Waals surface area contributed by atoms with Crippen LogP contribution in [0.4, 0.5) is 0 Å². The Morgan fingerprint density at radius 3 is 2.75 bits per heavy atom. The molecule has 7 heteroatoms. The molecule has 110 valence electrons. The minimum atomic E-state index is -0.763. The highest BCUT2D eigenvalue weighted by Gasteiger charge is 2.26. The molecule has 0 aliphatic carbocycles. The fourth-order valence-electron chi connectivity index (χ4n) is 2.40. The molecular weight excluding hydrogens is 278 g/mol. The van der Waals surface area contributed by atoms with Crippen LogP contribution in [0, 0.1) is 5.92 Å². The summed E-state index contributed by atoms with van der Waals surface area (Å²) in [6.45, 7) is 1.75. The number of rotatable bonds is 5. The van der Waals surface area contributed by atoms with E-state index in [1.54, 1.807) is 10.3 Å². The Hall–Kier alpha value is -1.47. The number of amides is 1. The average Bonchev–Trinajstić information content (AvgIpc) is 2.87. The molecule has 2 rings (SSSR count). The average molecular weight is 297 g/mol. The number of aromatic nitrogens is 1. The van der Waals surface area contributed by atoms with Gasteiger partial charge in [-0.25, -0.2) is 4.98 Å². The van der Waals surface area contributed by atoms with Gasteiger partial charge >= 0.3 is 5.97 Å². The van der Waals surface area contributed by atoms with Crippen molar-refractivity contribution in [3.8, 4) is 0 Å². The second-order valence-electron chi connectivity index (χ2n) is 5.00. The third-order valence-electron chi connectivity index (χ3n) is 3.49. The highest BCUT2D eigenvalue weighted by Crippen LogP contribution is 2.22. The zero-order valence-electron chi connectivity index (χ0n) is 11.2. The molecule has 0 bridgehead atoms. The largest absolute Gasteiger partial charge is 0.481 e. The van der Waals surface area contributed by atoms with Gasteiger partial charge in [-0.1, -0.05) is 0 Å². The lowest BCUT2D eigenvalue weighted by Gasteiger charge is -2.30. The van der Waals surface area contributed by atoms with Gasteiger partial charge < -0.3 is 15.7 Å². The Balaban J connectivity index is 1.89. The van der Waals surface area contributed by atoms with Crippen molar-refractivity contribution >= 4 is 23.2 Å². The van der Waals surface area contributed by atoms with Crippen molar-refractivity contribution in [2.75, 3.05) is 19.6 Å². The minimum Gasteiger partial charge on any atom is -0.481 e.